The highest BCUT2D eigenvalue weighted by Crippen LogP contribution is 2.31. The molecule has 10 heteroatoms. The maximum atomic E-state index is 13.1. The topological polar surface area (TPSA) is 81.4 Å². The van der Waals surface area contributed by atoms with Crippen molar-refractivity contribution in [3.8, 4) is 17.2 Å². The Morgan fingerprint density at radius 1 is 1.18 bits per heavy atom. The Morgan fingerprint density at radius 3 is 2.74 bits per heavy atom. The van der Waals surface area contributed by atoms with Crippen molar-refractivity contribution in [3.63, 3.8) is 0 Å². The van der Waals surface area contributed by atoms with Crippen molar-refractivity contribution in [1.29, 1.82) is 0 Å². The lowest BCUT2D eigenvalue weighted by Gasteiger charge is -2.20. The average Bonchev–Trinajstić information content (AvgIpc) is 3.40. The molecule has 1 aliphatic carbocycles. The van der Waals surface area contributed by atoms with Gasteiger partial charge in [0.2, 0.25) is 17.7 Å². The van der Waals surface area contributed by atoms with E-state index in [9.17, 15) is 9.18 Å². The highest BCUT2D eigenvalue weighted by Gasteiger charge is 2.34. The number of ether oxygens (including phenoxy) is 1. The van der Waals surface area contributed by atoms with E-state index in [1.807, 2.05) is 23.6 Å². The Kier molecular flexibility index (Phi) is 6.55. The number of benzene rings is 2. The Hall–Kier alpha value is -3.30. The minimum Gasteiger partial charge on any atom is -0.486 e. The smallest absolute Gasteiger partial charge is 0.249 e. The van der Waals surface area contributed by atoms with E-state index in [-0.39, 0.29) is 37.3 Å². The monoisotopic (exact) mass is 498 g/mol. The van der Waals surface area contributed by atoms with Gasteiger partial charge in [0.15, 0.2) is 0 Å². The SMILES string of the molecule is O=C(Cc1csc(COc2ccc(F)cc2)n1)N(Cc1nnc(-c2ccccc2Cl)o1)C1CC1. The van der Waals surface area contributed by atoms with Gasteiger partial charge in [-0.25, -0.2) is 9.37 Å². The van der Waals surface area contributed by atoms with Gasteiger partial charge in [0.1, 0.15) is 23.2 Å². The number of hydrogen-bond acceptors (Lipinski definition) is 7. The number of carbonyl (C=O) groups is 1. The van der Waals surface area contributed by atoms with Gasteiger partial charge in [-0.3, -0.25) is 4.79 Å². The van der Waals surface area contributed by atoms with Crippen molar-refractivity contribution in [2.24, 2.45) is 0 Å². The van der Waals surface area contributed by atoms with Crippen LogP contribution in [0.4, 0.5) is 4.39 Å². The molecule has 0 unspecified atom stereocenters. The first kappa shape index (κ1) is 22.5. The molecule has 174 valence electrons. The molecule has 0 bridgehead atoms. The molecule has 7 nitrogen and oxygen atoms in total. The van der Waals surface area contributed by atoms with Crippen molar-refractivity contribution >= 4 is 28.8 Å². The van der Waals surface area contributed by atoms with Crippen LogP contribution in [-0.4, -0.2) is 32.0 Å². The summed E-state index contributed by atoms with van der Waals surface area (Å²) in [5.41, 5.74) is 1.34. The van der Waals surface area contributed by atoms with Crippen LogP contribution in [0.5, 0.6) is 5.75 Å². The van der Waals surface area contributed by atoms with Crippen LogP contribution < -0.4 is 4.74 Å². The molecule has 2 aromatic heterocycles. The zero-order valence-electron chi connectivity index (χ0n) is 18.0. The normalized spacial score (nSPS) is 13.1. The van der Waals surface area contributed by atoms with Crippen LogP contribution in [0.25, 0.3) is 11.5 Å². The molecule has 0 atom stereocenters. The molecule has 0 aliphatic heterocycles. The molecule has 1 fully saturated rings. The minimum absolute atomic E-state index is 0.0451. The van der Waals surface area contributed by atoms with Gasteiger partial charge in [0.05, 0.1) is 29.2 Å². The van der Waals surface area contributed by atoms with Gasteiger partial charge in [0.25, 0.3) is 0 Å². The fraction of sp³-hybridized carbons (Fsp3) is 0.250. The van der Waals surface area contributed by atoms with Gasteiger partial charge >= 0.3 is 0 Å². The quantitative estimate of drug-likeness (QED) is 0.311. The van der Waals surface area contributed by atoms with Crippen molar-refractivity contribution in [2.75, 3.05) is 0 Å². The van der Waals surface area contributed by atoms with E-state index < -0.39 is 0 Å². The molecule has 0 N–H and O–H groups in total. The molecule has 34 heavy (non-hydrogen) atoms. The van der Waals surface area contributed by atoms with E-state index in [1.54, 1.807) is 23.1 Å². The van der Waals surface area contributed by atoms with Gasteiger partial charge in [0, 0.05) is 11.4 Å². The zero-order chi connectivity index (χ0) is 23.5. The molecule has 0 radical (unpaired) electrons. The average molecular weight is 499 g/mol. The largest absolute Gasteiger partial charge is 0.486 e. The third-order valence-corrected chi connectivity index (χ3v) is 6.49. The zero-order valence-corrected chi connectivity index (χ0v) is 19.6. The number of hydrogen-bond donors (Lipinski definition) is 0. The van der Waals surface area contributed by atoms with Gasteiger partial charge in [-0.15, -0.1) is 21.5 Å². The van der Waals surface area contributed by atoms with E-state index in [2.05, 4.69) is 15.2 Å². The van der Waals surface area contributed by atoms with Gasteiger partial charge in [-0.1, -0.05) is 23.7 Å². The molecule has 0 spiro atoms. The molecular weight excluding hydrogens is 479 g/mol. The first-order chi connectivity index (χ1) is 16.5. The molecule has 1 aliphatic rings. The van der Waals surface area contributed by atoms with Crippen LogP contribution in [0.2, 0.25) is 5.02 Å². The molecular formula is C24H20ClFN4O3S. The van der Waals surface area contributed by atoms with Gasteiger partial charge in [-0.05, 0) is 49.2 Å². The molecule has 4 aromatic rings. The highest BCUT2D eigenvalue weighted by molar-refractivity contribution is 7.09. The number of rotatable bonds is 9. The Balaban J connectivity index is 1.20. The van der Waals surface area contributed by atoms with Crippen LogP contribution in [0.1, 0.15) is 29.4 Å². The van der Waals surface area contributed by atoms with E-state index >= 15 is 0 Å². The summed E-state index contributed by atoms with van der Waals surface area (Å²) in [5, 5.41) is 11.3. The molecule has 2 aromatic carbocycles. The standard InChI is InChI=1S/C24H20ClFN4O3S/c25-20-4-2-1-3-19(20)24-29-28-21(33-24)12-30(17-7-8-17)23(31)11-16-14-34-22(27-16)13-32-18-9-5-15(26)6-10-18/h1-6,9-10,14,17H,7-8,11-13H2. The molecule has 1 amide bonds. The summed E-state index contributed by atoms with van der Waals surface area (Å²) in [6.45, 7) is 0.495. The number of amides is 1. The minimum atomic E-state index is -0.316. The second kappa shape index (κ2) is 9.90. The Labute approximate surface area is 204 Å². The summed E-state index contributed by atoms with van der Waals surface area (Å²) in [7, 11) is 0. The fourth-order valence-corrected chi connectivity index (χ4v) is 4.36. The second-order valence-corrected chi connectivity index (χ2v) is 9.24. The van der Waals surface area contributed by atoms with Crippen molar-refractivity contribution in [1.82, 2.24) is 20.1 Å². The lowest BCUT2D eigenvalue weighted by molar-refractivity contribution is -0.132. The van der Waals surface area contributed by atoms with E-state index in [0.29, 0.717) is 33.8 Å². The summed E-state index contributed by atoms with van der Waals surface area (Å²) in [5.74, 6) is 0.889. The summed E-state index contributed by atoms with van der Waals surface area (Å²) in [6, 6.07) is 13.2. The van der Waals surface area contributed by atoms with Crippen molar-refractivity contribution < 1.29 is 18.3 Å². The van der Waals surface area contributed by atoms with Crippen LogP contribution in [0.3, 0.4) is 0 Å². The Bertz CT molecular complexity index is 1290. The molecule has 1 saturated carbocycles. The van der Waals surface area contributed by atoms with Gasteiger partial charge < -0.3 is 14.1 Å². The van der Waals surface area contributed by atoms with Crippen LogP contribution in [0, 0.1) is 5.82 Å². The van der Waals surface area contributed by atoms with Crippen LogP contribution >= 0.6 is 22.9 Å². The summed E-state index contributed by atoms with van der Waals surface area (Å²) >= 11 is 7.64. The van der Waals surface area contributed by atoms with Crippen LogP contribution in [-0.2, 0) is 24.4 Å². The summed E-state index contributed by atoms with van der Waals surface area (Å²) < 4.78 is 24.4. The molecule has 2 heterocycles. The molecule has 5 rings (SSSR count). The van der Waals surface area contributed by atoms with E-state index in [0.717, 1.165) is 17.8 Å². The third kappa shape index (κ3) is 5.43. The predicted octanol–water partition coefficient (Wildman–Crippen LogP) is 5.30. The first-order valence-corrected chi connectivity index (χ1v) is 12.0. The van der Waals surface area contributed by atoms with Crippen molar-refractivity contribution in [3.05, 3.63) is 81.3 Å². The third-order valence-electron chi connectivity index (χ3n) is 5.29. The number of thiazole rings is 1. The number of carbonyl (C=O) groups excluding carboxylic acids is 1. The van der Waals surface area contributed by atoms with Crippen LogP contribution in [0.15, 0.2) is 58.3 Å². The maximum absolute atomic E-state index is 13.1. The maximum Gasteiger partial charge on any atom is 0.249 e. The molecule has 0 saturated heterocycles. The lowest BCUT2D eigenvalue weighted by atomic mass is 10.2. The predicted molar refractivity (Wildman–Crippen MR) is 125 cm³/mol. The Morgan fingerprint density at radius 2 is 1.97 bits per heavy atom. The lowest BCUT2D eigenvalue weighted by Crippen LogP contribution is -2.34. The summed E-state index contributed by atoms with van der Waals surface area (Å²) in [6.07, 6.45) is 2.07. The fourth-order valence-electron chi connectivity index (χ4n) is 3.44. The summed E-state index contributed by atoms with van der Waals surface area (Å²) in [4.78, 5) is 19.3. The van der Waals surface area contributed by atoms with E-state index in [1.165, 1.54) is 23.5 Å². The number of nitrogens with zero attached hydrogens (tertiary/aromatic N) is 4. The van der Waals surface area contributed by atoms with Crippen molar-refractivity contribution in [2.45, 2.75) is 38.5 Å². The number of halogens is 2. The highest BCUT2D eigenvalue weighted by atomic mass is 35.5. The second-order valence-electron chi connectivity index (χ2n) is 7.89. The van der Waals surface area contributed by atoms with Gasteiger partial charge in [-0.2, -0.15) is 0 Å². The first-order valence-electron chi connectivity index (χ1n) is 10.7. The van der Waals surface area contributed by atoms with E-state index in [4.69, 9.17) is 20.8 Å². The number of aromatic nitrogens is 3.